The summed E-state index contributed by atoms with van der Waals surface area (Å²) in [5.41, 5.74) is 1.56. The van der Waals surface area contributed by atoms with E-state index in [1.54, 1.807) is 0 Å². The standard InChI is InChI=1S/C11H22N2/c1-11(2,3)8-10(13-12)9-6-4-5-7-9/h9H,4-8,12H2,1-3H3. The minimum absolute atomic E-state index is 0.320. The van der Waals surface area contributed by atoms with E-state index >= 15 is 0 Å². The van der Waals surface area contributed by atoms with E-state index in [9.17, 15) is 0 Å². The van der Waals surface area contributed by atoms with E-state index in [0.29, 0.717) is 11.3 Å². The number of hydrogen-bond acceptors (Lipinski definition) is 2. The van der Waals surface area contributed by atoms with Gasteiger partial charge in [-0.25, -0.2) is 0 Å². The maximum absolute atomic E-state index is 5.45. The van der Waals surface area contributed by atoms with Crippen molar-refractivity contribution in [2.24, 2.45) is 22.3 Å². The summed E-state index contributed by atoms with van der Waals surface area (Å²) in [5, 5.41) is 3.97. The highest BCUT2D eigenvalue weighted by molar-refractivity contribution is 5.87. The Hall–Kier alpha value is -0.530. The lowest BCUT2D eigenvalue weighted by Gasteiger charge is -2.22. The van der Waals surface area contributed by atoms with Crippen LogP contribution in [0.4, 0.5) is 0 Å². The average Bonchev–Trinajstić information content (AvgIpc) is 2.50. The number of hydrogen-bond donors (Lipinski definition) is 1. The molecule has 0 saturated heterocycles. The zero-order valence-electron chi connectivity index (χ0n) is 9.14. The lowest BCUT2D eigenvalue weighted by molar-refractivity contribution is 0.424. The molecule has 0 aliphatic heterocycles. The third-order valence-corrected chi connectivity index (χ3v) is 2.70. The van der Waals surface area contributed by atoms with Crippen molar-refractivity contribution in [3.63, 3.8) is 0 Å². The molecule has 1 aliphatic rings. The molecular weight excluding hydrogens is 160 g/mol. The number of nitrogens with zero attached hydrogens (tertiary/aromatic N) is 1. The fourth-order valence-electron chi connectivity index (χ4n) is 2.10. The first-order chi connectivity index (χ1) is 6.03. The Morgan fingerprint density at radius 3 is 2.23 bits per heavy atom. The minimum atomic E-state index is 0.320. The Kier molecular flexibility index (Phi) is 3.34. The summed E-state index contributed by atoms with van der Waals surface area (Å²) in [6.45, 7) is 6.73. The highest BCUT2D eigenvalue weighted by Gasteiger charge is 2.24. The Morgan fingerprint density at radius 2 is 1.85 bits per heavy atom. The maximum atomic E-state index is 5.45. The van der Waals surface area contributed by atoms with Crippen LogP contribution in [0.15, 0.2) is 5.10 Å². The molecule has 0 unspecified atom stereocenters. The first kappa shape index (κ1) is 10.6. The molecule has 0 bridgehead atoms. The average molecular weight is 182 g/mol. The van der Waals surface area contributed by atoms with Gasteiger partial charge >= 0.3 is 0 Å². The van der Waals surface area contributed by atoms with Gasteiger partial charge in [0, 0.05) is 5.71 Å². The zero-order valence-corrected chi connectivity index (χ0v) is 9.14. The minimum Gasteiger partial charge on any atom is -0.323 e. The van der Waals surface area contributed by atoms with Crippen molar-refractivity contribution >= 4 is 5.71 Å². The first-order valence-electron chi connectivity index (χ1n) is 5.29. The van der Waals surface area contributed by atoms with E-state index in [-0.39, 0.29) is 0 Å². The van der Waals surface area contributed by atoms with Gasteiger partial charge in [-0.1, -0.05) is 33.6 Å². The lowest BCUT2D eigenvalue weighted by Crippen LogP contribution is -2.20. The van der Waals surface area contributed by atoms with Crippen LogP contribution in [0, 0.1) is 11.3 Å². The largest absolute Gasteiger partial charge is 0.323 e. The van der Waals surface area contributed by atoms with Gasteiger partial charge in [-0.05, 0) is 30.6 Å². The zero-order chi connectivity index (χ0) is 9.90. The monoisotopic (exact) mass is 182 g/mol. The summed E-state index contributed by atoms with van der Waals surface area (Å²) in [6.07, 6.45) is 6.36. The fraction of sp³-hybridized carbons (Fsp3) is 0.909. The second kappa shape index (κ2) is 4.12. The van der Waals surface area contributed by atoms with Gasteiger partial charge in [-0.2, -0.15) is 5.10 Å². The Balaban J connectivity index is 2.53. The number of nitrogens with two attached hydrogens (primary N) is 1. The molecule has 0 spiro atoms. The Labute approximate surface area is 81.6 Å². The summed E-state index contributed by atoms with van der Waals surface area (Å²) in [4.78, 5) is 0. The molecule has 1 saturated carbocycles. The van der Waals surface area contributed by atoms with Gasteiger partial charge in [0.25, 0.3) is 0 Å². The van der Waals surface area contributed by atoms with Gasteiger partial charge in [0.1, 0.15) is 0 Å². The number of hydrazone groups is 1. The van der Waals surface area contributed by atoms with Crippen LogP contribution in [0.2, 0.25) is 0 Å². The molecule has 0 radical (unpaired) electrons. The predicted octanol–water partition coefficient (Wildman–Crippen LogP) is 2.93. The Bertz CT molecular complexity index is 183. The van der Waals surface area contributed by atoms with Crippen LogP contribution < -0.4 is 5.84 Å². The summed E-state index contributed by atoms with van der Waals surface area (Å²) in [6, 6.07) is 0. The van der Waals surface area contributed by atoms with Crippen LogP contribution in [-0.2, 0) is 0 Å². The molecule has 0 aromatic heterocycles. The molecule has 0 amide bonds. The van der Waals surface area contributed by atoms with Gasteiger partial charge in [-0.3, -0.25) is 0 Å². The SMILES string of the molecule is CC(C)(C)CC(=NN)C1CCCC1. The molecule has 0 aromatic rings. The molecule has 76 valence electrons. The van der Waals surface area contributed by atoms with Crippen molar-refractivity contribution in [1.82, 2.24) is 0 Å². The molecular formula is C11H22N2. The normalized spacial score (nSPS) is 21.0. The van der Waals surface area contributed by atoms with Crippen molar-refractivity contribution in [2.75, 3.05) is 0 Å². The van der Waals surface area contributed by atoms with E-state index in [1.165, 1.54) is 31.4 Å². The van der Waals surface area contributed by atoms with Crippen molar-refractivity contribution in [1.29, 1.82) is 0 Å². The molecule has 1 aliphatic carbocycles. The fourth-order valence-corrected chi connectivity index (χ4v) is 2.10. The van der Waals surface area contributed by atoms with Crippen LogP contribution in [0.1, 0.15) is 52.9 Å². The van der Waals surface area contributed by atoms with Gasteiger partial charge in [-0.15, -0.1) is 0 Å². The molecule has 2 N–H and O–H groups in total. The van der Waals surface area contributed by atoms with E-state index in [2.05, 4.69) is 25.9 Å². The van der Waals surface area contributed by atoms with Crippen LogP contribution in [0.25, 0.3) is 0 Å². The second-order valence-corrected chi connectivity index (χ2v) is 5.34. The highest BCUT2D eigenvalue weighted by atomic mass is 15.1. The topological polar surface area (TPSA) is 38.4 Å². The molecule has 1 fully saturated rings. The van der Waals surface area contributed by atoms with Crippen molar-refractivity contribution in [2.45, 2.75) is 52.9 Å². The van der Waals surface area contributed by atoms with Gasteiger partial charge in [0.2, 0.25) is 0 Å². The molecule has 0 aromatic carbocycles. The third kappa shape index (κ3) is 3.37. The quantitative estimate of drug-likeness (QED) is 0.398. The first-order valence-corrected chi connectivity index (χ1v) is 5.29. The van der Waals surface area contributed by atoms with E-state index < -0.39 is 0 Å². The molecule has 2 heteroatoms. The van der Waals surface area contributed by atoms with Crippen LogP contribution in [0.3, 0.4) is 0 Å². The summed E-state index contributed by atoms with van der Waals surface area (Å²) >= 11 is 0. The van der Waals surface area contributed by atoms with E-state index in [0.717, 1.165) is 6.42 Å². The van der Waals surface area contributed by atoms with Crippen LogP contribution >= 0.6 is 0 Å². The predicted molar refractivity (Wildman–Crippen MR) is 57.7 cm³/mol. The van der Waals surface area contributed by atoms with Crippen LogP contribution in [-0.4, -0.2) is 5.71 Å². The van der Waals surface area contributed by atoms with E-state index in [1.807, 2.05) is 0 Å². The van der Waals surface area contributed by atoms with Gasteiger partial charge < -0.3 is 5.84 Å². The smallest absolute Gasteiger partial charge is 0.0412 e. The van der Waals surface area contributed by atoms with Crippen molar-refractivity contribution in [3.8, 4) is 0 Å². The van der Waals surface area contributed by atoms with Crippen molar-refractivity contribution < 1.29 is 0 Å². The summed E-state index contributed by atoms with van der Waals surface area (Å²) in [5.74, 6) is 6.13. The van der Waals surface area contributed by atoms with Gasteiger partial charge in [0.05, 0.1) is 0 Å². The van der Waals surface area contributed by atoms with E-state index in [4.69, 9.17) is 5.84 Å². The molecule has 2 nitrogen and oxygen atoms in total. The summed E-state index contributed by atoms with van der Waals surface area (Å²) in [7, 11) is 0. The Morgan fingerprint density at radius 1 is 1.31 bits per heavy atom. The molecule has 1 rings (SSSR count). The molecule has 0 atom stereocenters. The van der Waals surface area contributed by atoms with Gasteiger partial charge in [0.15, 0.2) is 0 Å². The van der Waals surface area contributed by atoms with Crippen LogP contribution in [0.5, 0.6) is 0 Å². The lowest BCUT2D eigenvalue weighted by atomic mass is 9.84. The summed E-state index contributed by atoms with van der Waals surface area (Å²) < 4.78 is 0. The highest BCUT2D eigenvalue weighted by Crippen LogP contribution is 2.31. The third-order valence-electron chi connectivity index (χ3n) is 2.70. The molecule has 13 heavy (non-hydrogen) atoms. The molecule has 0 heterocycles. The number of rotatable bonds is 2. The second-order valence-electron chi connectivity index (χ2n) is 5.34. The maximum Gasteiger partial charge on any atom is 0.0412 e. The van der Waals surface area contributed by atoms with Crippen molar-refractivity contribution in [3.05, 3.63) is 0 Å².